The number of nitrogens with zero attached hydrogens (tertiary/aromatic N) is 4. The maximum absolute atomic E-state index is 12.8. The van der Waals surface area contributed by atoms with Crippen LogP contribution >= 0.6 is 11.3 Å². The number of hydrogen-bond acceptors (Lipinski definition) is 6. The molecule has 8 nitrogen and oxygen atoms in total. The summed E-state index contributed by atoms with van der Waals surface area (Å²) in [5.74, 6) is -0.774. The fraction of sp³-hybridized carbons (Fsp3) is 0.320. The summed E-state index contributed by atoms with van der Waals surface area (Å²) in [6.45, 7) is 4.85. The predicted molar refractivity (Wildman–Crippen MR) is 131 cm³/mol. The minimum atomic E-state index is -0.453. The van der Waals surface area contributed by atoms with E-state index in [1.807, 2.05) is 62.4 Å². The first-order valence-electron chi connectivity index (χ1n) is 11.3. The molecule has 0 bridgehead atoms. The number of carbonyl (C=O) groups excluding carboxylic acids is 3. The highest BCUT2D eigenvalue weighted by Crippen LogP contribution is 2.35. The third kappa shape index (κ3) is 4.31. The second-order valence-corrected chi connectivity index (χ2v) is 9.88. The molecule has 3 heterocycles. The van der Waals surface area contributed by atoms with Gasteiger partial charge in [0.05, 0.1) is 5.92 Å². The summed E-state index contributed by atoms with van der Waals surface area (Å²) >= 11 is 1.29. The zero-order valence-corrected chi connectivity index (χ0v) is 19.8. The summed E-state index contributed by atoms with van der Waals surface area (Å²) in [4.78, 5) is 41.4. The Balaban J connectivity index is 1.22. The summed E-state index contributed by atoms with van der Waals surface area (Å²) in [5, 5.41) is 12.3. The molecule has 2 fully saturated rings. The van der Waals surface area contributed by atoms with Gasteiger partial charge in [-0.3, -0.25) is 14.4 Å². The van der Waals surface area contributed by atoms with Crippen LogP contribution in [0.2, 0.25) is 0 Å². The molecule has 5 rings (SSSR count). The molecule has 0 radical (unpaired) electrons. The second-order valence-electron chi connectivity index (χ2n) is 8.87. The minimum Gasteiger partial charge on any atom is -0.312 e. The lowest BCUT2D eigenvalue weighted by atomic mass is 10.1. The average Bonchev–Trinajstić information content (AvgIpc) is 3.53. The molecule has 2 aliphatic heterocycles. The van der Waals surface area contributed by atoms with Crippen LogP contribution in [-0.2, 0) is 14.4 Å². The zero-order chi connectivity index (χ0) is 23.8. The Morgan fingerprint density at radius 1 is 0.941 bits per heavy atom. The predicted octanol–water partition coefficient (Wildman–Crippen LogP) is 3.67. The molecule has 0 spiro atoms. The number of aromatic nitrogens is 2. The largest absolute Gasteiger partial charge is 0.312 e. The Morgan fingerprint density at radius 2 is 1.68 bits per heavy atom. The SMILES string of the molecule is Cc1ccc(N2CC(C(=O)Nc3nnc(C4CC(=O)N(c5ccccc5C)C4)s3)CC2=O)cc1. The summed E-state index contributed by atoms with van der Waals surface area (Å²) < 4.78 is 0. The van der Waals surface area contributed by atoms with Gasteiger partial charge in [0.2, 0.25) is 22.9 Å². The first-order chi connectivity index (χ1) is 16.4. The van der Waals surface area contributed by atoms with E-state index in [9.17, 15) is 14.4 Å². The van der Waals surface area contributed by atoms with Gasteiger partial charge in [-0.2, -0.15) is 0 Å². The van der Waals surface area contributed by atoms with Crippen LogP contribution in [0.4, 0.5) is 16.5 Å². The standard InChI is InChI=1S/C25H25N5O3S/c1-15-7-9-19(10-8-15)29-13-17(11-21(29)31)23(33)26-25-28-27-24(34-25)18-12-22(32)30(14-18)20-6-4-3-5-16(20)2/h3-10,17-18H,11-14H2,1-2H3,(H,26,28,33). The molecule has 3 aromatic rings. The van der Waals surface area contributed by atoms with E-state index in [4.69, 9.17) is 0 Å². The summed E-state index contributed by atoms with van der Waals surface area (Å²) in [6, 6.07) is 15.5. The van der Waals surface area contributed by atoms with E-state index < -0.39 is 5.92 Å². The Kier molecular flexibility index (Phi) is 5.87. The van der Waals surface area contributed by atoms with Gasteiger partial charge in [0.15, 0.2) is 0 Å². The first kappa shape index (κ1) is 22.2. The summed E-state index contributed by atoms with van der Waals surface area (Å²) in [5.41, 5.74) is 3.88. The second kappa shape index (κ2) is 8.98. The van der Waals surface area contributed by atoms with Crippen molar-refractivity contribution in [3.8, 4) is 0 Å². The van der Waals surface area contributed by atoms with Crippen LogP contribution in [0, 0.1) is 19.8 Å². The Morgan fingerprint density at radius 3 is 2.44 bits per heavy atom. The van der Waals surface area contributed by atoms with Crippen LogP contribution in [0.1, 0.15) is 34.9 Å². The van der Waals surface area contributed by atoms with E-state index in [1.165, 1.54) is 11.3 Å². The Bertz CT molecular complexity index is 1260. The van der Waals surface area contributed by atoms with Crippen molar-refractivity contribution in [3.63, 3.8) is 0 Å². The maximum atomic E-state index is 12.8. The van der Waals surface area contributed by atoms with Crippen LogP contribution in [0.5, 0.6) is 0 Å². The average molecular weight is 476 g/mol. The molecule has 9 heteroatoms. The van der Waals surface area contributed by atoms with Gasteiger partial charge in [0.1, 0.15) is 5.01 Å². The van der Waals surface area contributed by atoms with Gasteiger partial charge in [-0.1, -0.05) is 47.2 Å². The molecule has 34 heavy (non-hydrogen) atoms. The number of aryl methyl sites for hydroxylation is 2. The molecule has 3 amide bonds. The number of benzene rings is 2. The number of anilines is 3. The summed E-state index contributed by atoms with van der Waals surface area (Å²) in [6.07, 6.45) is 0.521. The minimum absolute atomic E-state index is 0.0563. The van der Waals surface area contributed by atoms with E-state index in [1.54, 1.807) is 9.80 Å². The van der Waals surface area contributed by atoms with Crippen molar-refractivity contribution >= 4 is 45.6 Å². The maximum Gasteiger partial charge on any atom is 0.231 e. The number of nitrogens with one attached hydrogen (secondary N) is 1. The van der Waals surface area contributed by atoms with Crippen molar-refractivity contribution in [2.75, 3.05) is 28.2 Å². The van der Waals surface area contributed by atoms with Crippen LogP contribution in [-0.4, -0.2) is 41.0 Å². The van der Waals surface area contributed by atoms with Gasteiger partial charge >= 0.3 is 0 Å². The van der Waals surface area contributed by atoms with E-state index in [2.05, 4.69) is 15.5 Å². The Hall–Kier alpha value is -3.59. The smallest absolute Gasteiger partial charge is 0.231 e. The van der Waals surface area contributed by atoms with Gasteiger partial charge in [0, 0.05) is 43.2 Å². The number of amides is 3. The van der Waals surface area contributed by atoms with Crippen molar-refractivity contribution in [1.82, 2.24) is 10.2 Å². The van der Waals surface area contributed by atoms with E-state index in [0.717, 1.165) is 27.5 Å². The molecule has 2 atom stereocenters. The molecule has 2 aliphatic rings. The lowest BCUT2D eigenvalue weighted by molar-refractivity contribution is -0.122. The molecule has 1 N–H and O–H groups in total. The highest BCUT2D eigenvalue weighted by molar-refractivity contribution is 7.15. The quantitative estimate of drug-likeness (QED) is 0.608. The molecule has 0 aliphatic carbocycles. The summed E-state index contributed by atoms with van der Waals surface area (Å²) in [7, 11) is 0. The molecule has 2 saturated heterocycles. The molecule has 1 aromatic heterocycles. The van der Waals surface area contributed by atoms with Crippen molar-refractivity contribution in [1.29, 1.82) is 0 Å². The molecular weight excluding hydrogens is 450 g/mol. The zero-order valence-electron chi connectivity index (χ0n) is 19.0. The van der Waals surface area contributed by atoms with E-state index in [0.29, 0.717) is 24.6 Å². The van der Waals surface area contributed by atoms with Gasteiger partial charge in [-0.25, -0.2) is 0 Å². The highest BCUT2D eigenvalue weighted by Gasteiger charge is 2.37. The number of rotatable bonds is 5. The third-order valence-electron chi connectivity index (χ3n) is 6.39. The van der Waals surface area contributed by atoms with Crippen LogP contribution in [0.3, 0.4) is 0 Å². The third-order valence-corrected chi connectivity index (χ3v) is 7.39. The van der Waals surface area contributed by atoms with Crippen molar-refractivity contribution in [2.24, 2.45) is 5.92 Å². The normalized spacial score (nSPS) is 20.3. The van der Waals surface area contributed by atoms with Crippen molar-refractivity contribution in [2.45, 2.75) is 32.6 Å². The number of para-hydroxylation sites is 1. The highest BCUT2D eigenvalue weighted by atomic mass is 32.1. The van der Waals surface area contributed by atoms with Crippen molar-refractivity contribution in [3.05, 3.63) is 64.7 Å². The molecule has 2 unspecified atom stereocenters. The number of carbonyl (C=O) groups is 3. The van der Waals surface area contributed by atoms with Crippen LogP contribution in [0.15, 0.2) is 48.5 Å². The first-order valence-corrected chi connectivity index (χ1v) is 12.1. The molecule has 0 saturated carbocycles. The molecule has 2 aromatic carbocycles. The lowest BCUT2D eigenvalue weighted by Crippen LogP contribution is -2.28. The topological polar surface area (TPSA) is 95.5 Å². The van der Waals surface area contributed by atoms with Gasteiger partial charge < -0.3 is 15.1 Å². The van der Waals surface area contributed by atoms with E-state index in [-0.39, 0.29) is 30.1 Å². The van der Waals surface area contributed by atoms with Crippen molar-refractivity contribution < 1.29 is 14.4 Å². The van der Waals surface area contributed by atoms with Gasteiger partial charge in [-0.05, 0) is 37.6 Å². The van der Waals surface area contributed by atoms with Gasteiger partial charge in [-0.15, -0.1) is 10.2 Å². The van der Waals surface area contributed by atoms with Gasteiger partial charge in [0.25, 0.3) is 0 Å². The lowest BCUT2D eigenvalue weighted by Gasteiger charge is -2.18. The molecule has 174 valence electrons. The monoisotopic (exact) mass is 475 g/mol. The fourth-order valence-corrected chi connectivity index (χ4v) is 5.32. The van der Waals surface area contributed by atoms with Crippen LogP contribution < -0.4 is 15.1 Å². The van der Waals surface area contributed by atoms with Crippen LogP contribution in [0.25, 0.3) is 0 Å². The van der Waals surface area contributed by atoms with E-state index >= 15 is 0 Å². The fourth-order valence-electron chi connectivity index (χ4n) is 4.49. The molecular formula is C25H25N5O3S. The number of hydrogen-bond donors (Lipinski definition) is 1. The Labute approximate surface area is 201 Å².